The molecule has 0 saturated heterocycles. The number of aliphatic hydroxyl groups is 1. The van der Waals surface area contributed by atoms with Gasteiger partial charge < -0.3 is 22.8 Å². The van der Waals surface area contributed by atoms with Crippen LogP contribution in [0.2, 0.25) is 0 Å². The van der Waals surface area contributed by atoms with Gasteiger partial charge in [-0.25, -0.2) is 0 Å². The Balaban J connectivity index is 0.00000312. The van der Waals surface area contributed by atoms with E-state index in [0.717, 1.165) is 11.1 Å². The summed E-state index contributed by atoms with van der Waals surface area (Å²) in [5, 5.41) is 12.3. The van der Waals surface area contributed by atoms with Gasteiger partial charge in [-0.15, -0.1) is 0 Å². The molecule has 1 atom stereocenters. The van der Waals surface area contributed by atoms with Crippen LogP contribution >= 0.6 is 0 Å². The molecule has 3 N–H and O–H groups in total. The molecule has 1 unspecified atom stereocenters. The Bertz CT molecular complexity index is 648. The fourth-order valence-electron chi connectivity index (χ4n) is 2.62. The lowest BCUT2D eigenvalue weighted by Crippen LogP contribution is -3.00. The minimum Gasteiger partial charge on any atom is -1.00 e. The van der Waals surface area contributed by atoms with Gasteiger partial charge >= 0.3 is 0 Å². The van der Waals surface area contributed by atoms with Gasteiger partial charge in [-0.3, -0.25) is 4.79 Å². The molecule has 0 spiro atoms. The maximum atomic E-state index is 12.0. The van der Waals surface area contributed by atoms with Crippen molar-refractivity contribution in [3.05, 3.63) is 71.3 Å². The number of nitrogens with two attached hydrogens (primary N) is 1. The van der Waals surface area contributed by atoms with Crippen LogP contribution in [0, 0.1) is 0 Å². The number of carbonyl (C=O) groups excluding carboxylic acids is 1. The summed E-state index contributed by atoms with van der Waals surface area (Å²) >= 11 is 0. The van der Waals surface area contributed by atoms with E-state index in [1.807, 2.05) is 47.8 Å². The second kappa shape index (κ2) is 9.71. The van der Waals surface area contributed by atoms with Crippen LogP contribution in [0.1, 0.15) is 54.8 Å². The second-order valence-electron chi connectivity index (χ2n) is 7.24. The van der Waals surface area contributed by atoms with Gasteiger partial charge in [0.1, 0.15) is 12.6 Å². The monoisotopic (exact) mass is 361 g/mol. The molecule has 0 aliphatic heterocycles. The first-order valence-electron chi connectivity index (χ1n) is 8.56. The van der Waals surface area contributed by atoms with Crippen molar-refractivity contribution < 1.29 is 27.6 Å². The van der Waals surface area contributed by atoms with E-state index in [1.54, 1.807) is 0 Å². The number of hydrogen-bond donors (Lipinski definition) is 2. The molecule has 0 bridgehead atoms. The van der Waals surface area contributed by atoms with Gasteiger partial charge in [-0.2, -0.15) is 0 Å². The second-order valence-corrected chi connectivity index (χ2v) is 7.24. The molecule has 3 nitrogen and oxygen atoms in total. The van der Waals surface area contributed by atoms with Crippen molar-refractivity contribution in [3.63, 3.8) is 0 Å². The van der Waals surface area contributed by atoms with E-state index in [0.29, 0.717) is 19.5 Å². The lowest BCUT2D eigenvalue weighted by Gasteiger charge is -2.19. The van der Waals surface area contributed by atoms with Crippen molar-refractivity contribution in [1.29, 1.82) is 0 Å². The highest BCUT2D eigenvalue weighted by Crippen LogP contribution is 2.23. The highest BCUT2D eigenvalue weighted by Gasteiger charge is 2.15. The zero-order valence-electron chi connectivity index (χ0n) is 15.2. The summed E-state index contributed by atoms with van der Waals surface area (Å²) in [6.07, 6.45) is -0.0227. The van der Waals surface area contributed by atoms with Crippen LogP contribution in [0.15, 0.2) is 54.6 Å². The summed E-state index contributed by atoms with van der Waals surface area (Å²) < 4.78 is 0. The molecule has 0 saturated carbocycles. The van der Waals surface area contributed by atoms with Crippen LogP contribution in [-0.4, -0.2) is 24.0 Å². The van der Waals surface area contributed by atoms with E-state index in [2.05, 4.69) is 32.9 Å². The van der Waals surface area contributed by atoms with Crippen molar-refractivity contribution in [2.45, 2.75) is 38.7 Å². The molecule has 2 rings (SSSR count). The molecule has 25 heavy (non-hydrogen) atoms. The zero-order valence-corrected chi connectivity index (χ0v) is 16.0. The third-order valence-corrected chi connectivity index (χ3v) is 4.22. The molecule has 0 aliphatic carbocycles. The summed E-state index contributed by atoms with van der Waals surface area (Å²) in [4.78, 5) is 12.0. The summed E-state index contributed by atoms with van der Waals surface area (Å²) in [5.74, 6) is 0.149. The van der Waals surface area contributed by atoms with Crippen molar-refractivity contribution in [2.24, 2.45) is 0 Å². The van der Waals surface area contributed by atoms with E-state index in [1.165, 1.54) is 5.56 Å². The molecule has 2 aromatic carbocycles. The Hall–Kier alpha value is -1.68. The predicted molar refractivity (Wildman–Crippen MR) is 97.2 cm³/mol. The summed E-state index contributed by atoms with van der Waals surface area (Å²) in [5.41, 5.74) is 3.06. The number of aliphatic hydroxyl groups excluding tert-OH is 1. The molecule has 0 aliphatic rings. The molecule has 0 aromatic heterocycles. The van der Waals surface area contributed by atoms with Crippen molar-refractivity contribution in [2.75, 3.05) is 13.1 Å². The maximum absolute atomic E-state index is 12.0. The average Bonchev–Trinajstić information content (AvgIpc) is 2.58. The number of ketones is 1. The van der Waals surface area contributed by atoms with E-state index >= 15 is 0 Å². The topological polar surface area (TPSA) is 53.9 Å². The van der Waals surface area contributed by atoms with E-state index < -0.39 is 6.10 Å². The third-order valence-electron chi connectivity index (χ3n) is 4.22. The Morgan fingerprint density at radius 3 is 2.20 bits per heavy atom. The largest absolute Gasteiger partial charge is 1.00 e. The van der Waals surface area contributed by atoms with Crippen LogP contribution < -0.4 is 17.7 Å². The summed E-state index contributed by atoms with van der Waals surface area (Å²) in [6, 6.07) is 17.5. The van der Waals surface area contributed by atoms with E-state index in [9.17, 15) is 9.90 Å². The van der Waals surface area contributed by atoms with Crippen LogP contribution in [0.25, 0.3) is 0 Å². The Labute approximate surface area is 156 Å². The number of rotatable bonds is 7. The molecular formula is C21H28ClNO2. The maximum Gasteiger partial charge on any atom is 0.168 e. The van der Waals surface area contributed by atoms with E-state index in [-0.39, 0.29) is 23.6 Å². The third kappa shape index (κ3) is 6.62. The van der Waals surface area contributed by atoms with E-state index in [4.69, 9.17) is 0 Å². The number of hydrogen-bond acceptors (Lipinski definition) is 2. The van der Waals surface area contributed by atoms with Crippen LogP contribution in [0.3, 0.4) is 0 Å². The standard InChI is InChI=1S/C21H27NO2.ClH/c1-21(2,3)18-11-9-17(10-12-18)20(24)15-22-14-13-19(23)16-7-5-4-6-8-16;/h4-12,20,22,24H,13-15H2,1-3H3;1H. The van der Waals surface area contributed by atoms with Crippen molar-refractivity contribution >= 4 is 5.78 Å². The number of carbonyl (C=O) groups is 1. The van der Waals surface area contributed by atoms with Crippen LogP contribution in [0.4, 0.5) is 0 Å². The van der Waals surface area contributed by atoms with Gasteiger partial charge in [-0.1, -0.05) is 75.4 Å². The molecule has 4 heteroatoms. The first-order chi connectivity index (χ1) is 11.4. The van der Waals surface area contributed by atoms with Gasteiger partial charge in [0.2, 0.25) is 0 Å². The Kier molecular flexibility index (Phi) is 8.30. The van der Waals surface area contributed by atoms with Gasteiger partial charge in [0.25, 0.3) is 0 Å². The molecule has 0 fully saturated rings. The van der Waals surface area contributed by atoms with Crippen molar-refractivity contribution in [1.82, 2.24) is 0 Å². The van der Waals surface area contributed by atoms with Gasteiger partial charge in [0.15, 0.2) is 5.78 Å². The van der Waals surface area contributed by atoms with Crippen LogP contribution in [0.5, 0.6) is 0 Å². The zero-order chi connectivity index (χ0) is 17.6. The summed E-state index contributed by atoms with van der Waals surface area (Å²) in [6.45, 7) is 7.78. The fourth-order valence-corrected chi connectivity index (χ4v) is 2.62. The number of halogens is 1. The van der Waals surface area contributed by atoms with Gasteiger partial charge in [0.05, 0.1) is 13.0 Å². The molecule has 136 valence electrons. The number of benzene rings is 2. The highest BCUT2D eigenvalue weighted by molar-refractivity contribution is 5.95. The molecule has 0 heterocycles. The fraction of sp³-hybridized carbons (Fsp3) is 0.381. The lowest BCUT2D eigenvalue weighted by atomic mass is 9.86. The first-order valence-corrected chi connectivity index (χ1v) is 8.56. The minimum absolute atomic E-state index is 0. The quantitative estimate of drug-likeness (QED) is 0.532. The molecule has 0 radical (unpaired) electrons. The number of Topliss-reactive ketones (excluding diaryl/α,β-unsaturated/α-hetero) is 1. The highest BCUT2D eigenvalue weighted by atomic mass is 35.5. The van der Waals surface area contributed by atoms with Crippen molar-refractivity contribution in [3.8, 4) is 0 Å². The normalized spacial score (nSPS) is 12.3. The van der Waals surface area contributed by atoms with Gasteiger partial charge in [0, 0.05) is 5.56 Å². The Morgan fingerprint density at radius 1 is 1.04 bits per heavy atom. The van der Waals surface area contributed by atoms with Gasteiger partial charge in [-0.05, 0) is 16.5 Å². The molecular weight excluding hydrogens is 334 g/mol. The average molecular weight is 362 g/mol. The number of quaternary nitrogens is 1. The van der Waals surface area contributed by atoms with Crippen LogP contribution in [-0.2, 0) is 5.41 Å². The first kappa shape index (κ1) is 21.4. The SMILES string of the molecule is CC(C)(C)c1ccc(C(O)C[NH2+]CCC(=O)c2ccccc2)cc1.[Cl-]. The summed E-state index contributed by atoms with van der Waals surface area (Å²) in [7, 11) is 0. The minimum atomic E-state index is -0.508. The molecule has 2 aromatic rings. The predicted octanol–water partition coefficient (Wildman–Crippen LogP) is -0.142. The lowest BCUT2D eigenvalue weighted by molar-refractivity contribution is -0.660. The Morgan fingerprint density at radius 2 is 1.64 bits per heavy atom. The smallest absolute Gasteiger partial charge is 0.168 e. The molecule has 0 amide bonds.